The molecule has 0 saturated carbocycles. The second kappa shape index (κ2) is 3.93. The molecule has 0 aliphatic carbocycles. The van der Waals surface area contributed by atoms with Gasteiger partial charge in [0.1, 0.15) is 0 Å². The molecule has 1 rings (SSSR count). The van der Waals surface area contributed by atoms with Crippen molar-refractivity contribution in [3.05, 3.63) is 40.5 Å². The second-order valence-corrected chi connectivity index (χ2v) is 3.56. The summed E-state index contributed by atoms with van der Waals surface area (Å²) in [6.07, 6.45) is 0.333. The Morgan fingerprint density at radius 2 is 1.73 bits per heavy atom. The van der Waals surface area contributed by atoms with Crippen LogP contribution >= 0.6 is 0 Å². The Bertz CT molecular complexity index is 448. The number of allylic oxidation sites excluding steroid dienone is 1. The summed E-state index contributed by atoms with van der Waals surface area (Å²) in [5.41, 5.74) is 1.55. The van der Waals surface area contributed by atoms with Crippen LogP contribution in [0.2, 0.25) is 0 Å². The highest BCUT2D eigenvalue weighted by Gasteiger charge is 2.19. The van der Waals surface area contributed by atoms with Crippen LogP contribution in [0.1, 0.15) is 34.0 Å². The van der Waals surface area contributed by atoms with Crippen LogP contribution in [-0.4, -0.2) is 6.29 Å². The number of carbonyl (C=O) groups is 1. The fraction of sp³-hybridized carbons (Fsp3) is 0.250. The molecule has 0 unspecified atom stereocenters. The monoisotopic (exact) mass is 210 g/mol. The standard InChI is InChI=1S/C12H12F2O/c1-6(2)10-7(3)9(5-15)12(14)11(13)8(10)4/h5H,1H2,2-4H3. The summed E-state index contributed by atoms with van der Waals surface area (Å²) in [4.78, 5) is 10.7. The van der Waals surface area contributed by atoms with Gasteiger partial charge in [-0.25, -0.2) is 8.78 Å². The van der Waals surface area contributed by atoms with Gasteiger partial charge in [-0.1, -0.05) is 12.2 Å². The molecule has 1 aromatic rings. The van der Waals surface area contributed by atoms with Crippen molar-refractivity contribution in [2.45, 2.75) is 20.8 Å². The topological polar surface area (TPSA) is 17.1 Å². The fourth-order valence-corrected chi connectivity index (χ4v) is 1.75. The lowest BCUT2D eigenvalue weighted by Gasteiger charge is -2.13. The van der Waals surface area contributed by atoms with Gasteiger partial charge in [0.25, 0.3) is 0 Å². The number of carbonyl (C=O) groups excluding carboxylic acids is 1. The first-order valence-electron chi connectivity index (χ1n) is 4.51. The van der Waals surface area contributed by atoms with E-state index in [1.54, 1.807) is 13.8 Å². The summed E-state index contributed by atoms with van der Waals surface area (Å²) >= 11 is 0. The van der Waals surface area contributed by atoms with Gasteiger partial charge in [-0.05, 0) is 37.5 Å². The van der Waals surface area contributed by atoms with Gasteiger partial charge in [-0.3, -0.25) is 4.79 Å². The van der Waals surface area contributed by atoms with E-state index in [-0.39, 0.29) is 11.1 Å². The Morgan fingerprint density at radius 1 is 1.20 bits per heavy atom. The minimum absolute atomic E-state index is 0.197. The minimum atomic E-state index is -1.08. The quantitative estimate of drug-likeness (QED) is 0.683. The number of aldehydes is 1. The lowest BCUT2D eigenvalue weighted by atomic mass is 9.93. The van der Waals surface area contributed by atoms with Crippen LogP contribution in [0.25, 0.3) is 5.57 Å². The van der Waals surface area contributed by atoms with E-state index < -0.39 is 11.6 Å². The van der Waals surface area contributed by atoms with Crippen LogP contribution < -0.4 is 0 Å². The summed E-state index contributed by atoms with van der Waals surface area (Å²) in [6, 6.07) is 0. The van der Waals surface area contributed by atoms with E-state index in [0.717, 1.165) is 0 Å². The van der Waals surface area contributed by atoms with Crippen molar-refractivity contribution in [3.8, 4) is 0 Å². The van der Waals surface area contributed by atoms with Gasteiger partial charge in [-0.2, -0.15) is 0 Å². The zero-order valence-electron chi connectivity index (χ0n) is 8.95. The highest BCUT2D eigenvalue weighted by Crippen LogP contribution is 2.28. The Morgan fingerprint density at radius 3 is 2.13 bits per heavy atom. The Labute approximate surface area is 87.4 Å². The van der Waals surface area contributed by atoms with Crippen molar-refractivity contribution in [1.29, 1.82) is 0 Å². The second-order valence-electron chi connectivity index (χ2n) is 3.56. The maximum atomic E-state index is 13.4. The molecule has 80 valence electrons. The first-order chi connectivity index (χ1) is 6.91. The van der Waals surface area contributed by atoms with Gasteiger partial charge in [-0.15, -0.1) is 0 Å². The third-order valence-corrected chi connectivity index (χ3v) is 2.46. The molecule has 1 nitrogen and oxygen atoms in total. The fourth-order valence-electron chi connectivity index (χ4n) is 1.75. The summed E-state index contributed by atoms with van der Waals surface area (Å²) < 4.78 is 26.7. The van der Waals surface area contributed by atoms with E-state index in [0.29, 0.717) is 23.0 Å². The number of hydrogen-bond donors (Lipinski definition) is 0. The molecule has 0 aliphatic rings. The van der Waals surface area contributed by atoms with Crippen LogP contribution in [0.4, 0.5) is 8.78 Å². The predicted molar refractivity (Wildman–Crippen MR) is 55.9 cm³/mol. The first-order valence-corrected chi connectivity index (χ1v) is 4.51. The molecule has 0 N–H and O–H groups in total. The highest BCUT2D eigenvalue weighted by molar-refractivity contribution is 5.82. The molecular weight excluding hydrogens is 198 g/mol. The van der Waals surface area contributed by atoms with Crippen LogP contribution in [0.15, 0.2) is 6.58 Å². The van der Waals surface area contributed by atoms with E-state index in [4.69, 9.17) is 0 Å². The summed E-state index contributed by atoms with van der Waals surface area (Å²) in [5, 5.41) is 0. The van der Waals surface area contributed by atoms with E-state index in [2.05, 4.69) is 6.58 Å². The Hall–Kier alpha value is -1.51. The van der Waals surface area contributed by atoms with Crippen molar-refractivity contribution in [3.63, 3.8) is 0 Å². The van der Waals surface area contributed by atoms with Gasteiger partial charge >= 0.3 is 0 Å². The summed E-state index contributed by atoms with van der Waals surface area (Å²) in [5.74, 6) is -2.05. The Kier molecular flexibility index (Phi) is 3.03. The zero-order chi connectivity index (χ0) is 11.7. The molecule has 0 bridgehead atoms. The van der Waals surface area contributed by atoms with Gasteiger partial charge in [0.2, 0.25) is 0 Å². The maximum absolute atomic E-state index is 13.4. The zero-order valence-corrected chi connectivity index (χ0v) is 8.95. The molecule has 0 spiro atoms. The predicted octanol–water partition coefficient (Wildman–Crippen LogP) is 3.43. The van der Waals surface area contributed by atoms with Crippen LogP contribution in [0, 0.1) is 25.5 Å². The first kappa shape index (κ1) is 11.6. The molecule has 3 heteroatoms. The van der Waals surface area contributed by atoms with E-state index in [1.807, 2.05) is 0 Å². The summed E-state index contributed by atoms with van der Waals surface area (Å²) in [6.45, 7) is 8.45. The normalized spacial score (nSPS) is 10.2. The summed E-state index contributed by atoms with van der Waals surface area (Å²) in [7, 11) is 0. The highest BCUT2D eigenvalue weighted by atomic mass is 19.2. The van der Waals surface area contributed by atoms with Crippen molar-refractivity contribution < 1.29 is 13.6 Å². The molecule has 0 radical (unpaired) electrons. The molecule has 0 aromatic heterocycles. The molecule has 15 heavy (non-hydrogen) atoms. The number of halogens is 2. The molecule has 0 heterocycles. The Balaban J connectivity index is 3.75. The molecule has 0 atom stereocenters. The number of benzene rings is 1. The van der Waals surface area contributed by atoms with Crippen molar-refractivity contribution in [2.75, 3.05) is 0 Å². The number of hydrogen-bond acceptors (Lipinski definition) is 1. The smallest absolute Gasteiger partial charge is 0.169 e. The van der Waals surface area contributed by atoms with Crippen LogP contribution in [0.3, 0.4) is 0 Å². The van der Waals surface area contributed by atoms with E-state index >= 15 is 0 Å². The third-order valence-electron chi connectivity index (χ3n) is 2.46. The molecule has 0 amide bonds. The van der Waals surface area contributed by atoms with Crippen molar-refractivity contribution in [2.24, 2.45) is 0 Å². The van der Waals surface area contributed by atoms with Gasteiger partial charge in [0.15, 0.2) is 17.9 Å². The molecule has 1 aromatic carbocycles. The van der Waals surface area contributed by atoms with Crippen LogP contribution in [0.5, 0.6) is 0 Å². The average molecular weight is 210 g/mol. The van der Waals surface area contributed by atoms with Gasteiger partial charge in [0.05, 0.1) is 5.56 Å². The maximum Gasteiger partial charge on any atom is 0.169 e. The average Bonchev–Trinajstić information content (AvgIpc) is 2.15. The van der Waals surface area contributed by atoms with E-state index in [9.17, 15) is 13.6 Å². The SMILES string of the molecule is C=C(C)c1c(C)c(F)c(F)c(C=O)c1C. The molecule has 0 fully saturated rings. The lowest BCUT2D eigenvalue weighted by Crippen LogP contribution is -2.05. The van der Waals surface area contributed by atoms with Crippen molar-refractivity contribution in [1.82, 2.24) is 0 Å². The number of rotatable bonds is 2. The van der Waals surface area contributed by atoms with Crippen molar-refractivity contribution >= 4 is 11.9 Å². The lowest BCUT2D eigenvalue weighted by molar-refractivity contribution is 0.111. The van der Waals surface area contributed by atoms with Crippen LogP contribution in [-0.2, 0) is 0 Å². The minimum Gasteiger partial charge on any atom is -0.298 e. The van der Waals surface area contributed by atoms with Gasteiger partial charge < -0.3 is 0 Å². The molecule has 0 saturated heterocycles. The molecule has 0 aliphatic heterocycles. The van der Waals surface area contributed by atoms with Gasteiger partial charge in [0, 0.05) is 0 Å². The third kappa shape index (κ3) is 1.69. The molecular formula is C12H12F2O. The largest absolute Gasteiger partial charge is 0.298 e. The van der Waals surface area contributed by atoms with E-state index in [1.165, 1.54) is 6.92 Å².